The lowest BCUT2D eigenvalue weighted by molar-refractivity contribution is -0.141. The number of pyridine rings is 2. The van der Waals surface area contributed by atoms with E-state index >= 15 is 0 Å². The third-order valence-electron chi connectivity index (χ3n) is 4.06. The van der Waals surface area contributed by atoms with Crippen molar-refractivity contribution >= 4 is 18.3 Å². The first kappa shape index (κ1) is 22.0. The van der Waals surface area contributed by atoms with Gasteiger partial charge in [0.2, 0.25) is 11.9 Å². The van der Waals surface area contributed by atoms with E-state index in [0.717, 1.165) is 24.4 Å². The van der Waals surface area contributed by atoms with Crippen molar-refractivity contribution in [1.82, 2.24) is 20.6 Å². The van der Waals surface area contributed by atoms with Crippen molar-refractivity contribution in [3.05, 3.63) is 47.7 Å². The van der Waals surface area contributed by atoms with E-state index in [9.17, 15) is 26.7 Å². The molecule has 2 atom stereocenters. The van der Waals surface area contributed by atoms with Crippen molar-refractivity contribution in [2.45, 2.75) is 31.4 Å². The predicted molar refractivity (Wildman–Crippen MR) is 92.8 cm³/mol. The highest BCUT2D eigenvalue weighted by Crippen LogP contribution is 2.28. The Morgan fingerprint density at radius 2 is 2.04 bits per heavy atom. The third kappa shape index (κ3) is 5.35. The standard InChI is InChI=1S/C17H15F5N4O.ClH/c18-11-5-13(23-8-11)16(27)25-6-9-3-12(26-15(19)4-9)10-1-2-14(24-7-10)17(20,21)22;/h1-4,7,11,13,23H,5-6,8H2,(H,25,27);1H. The summed E-state index contributed by atoms with van der Waals surface area (Å²) in [5.74, 6) is -1.26. The summed E-state index contributed by atoms with van der Waals surface area (Å²) in [6, 6.07) is 3.81. The van der Waals surface area contributed by atoms with Gasteiger partial charge >= 0.3 is 6.18 Å². The average molecular weight is 423 g/mol. The normalized spacial score (nSPS) is 19.2. The molecule has 152 valence electrons. The van der Waals surface area contributed by atoms with E-state index in [-0.39, 0.29) is 43.2 Å². The number of nitrogens with zero attached hydrogens (tertiary/aromatic N) is 2. The van der Waals surface area contributed by atoms with Gasteiger partial charge in [0.05, 0.1) is 11.7 Å². The topological polar surface area (TPSA) is 66.9 Å². The van der Waals surface area contributed by atoms with Gasteiger partial charge in [-0.25, -0.2) is 9.37 Å². The quantitative estimate of drug-likeness (QED) is 0.587. The van der Waals surface area contributed by atoms with Crippen LogP contribution in [0.25, 0.3) is 11.3 Å². The molecule has 0 saturated carbocycles. The highest BCUT2D eigenvalue weighted by molar-refractivity contribution is 5.85. The van der Waals surface area contributed by atoms with E-state index in [4.69, 9.17) is 0 Å². The number of carbonyl (C=O) groups is 1. The molecule has 0 aliphatic carbocycles. The third-order valence-corrected chi connectivity index (χ3v) is 4.06. The molecule has 3 rings (SSSR count). The molecule has 28 heavy (non-hydrogen) atoms. The number of hydrogen-bond acceptors (Lipinski definition) is 4. The lowest BCUT2D eigenvalue weighted by Gasteiger charge is -2.12. The van der Waals surface area contributed by atoms with E-state index < -0.39 is 35.9 Å². The van der Waals surface area contributed by atoms with Gasteiger partial charge in [-0.15, -0.1) is 12.4 Å². The second kappa shape index (κ2) is 8.78. The molecule has 0 bridgehead atoms. The van der Waals surface area contributed by atoms with Crippen LogP contribution in [0.2, 0.25) is 0 Å². The fourth-order valence-corrected chi connectivity index (χ4v) is 2.72. The molecule has 1 fully saturated rings. The Hall–Kier alpha value is -2.33. The molecule has 1 amide bonds. The fourth-order valence-electron chi connectivity index (χ4n) is 2.72. The maximum Gasteiger partial charge on any atom is 0.433 e. The number of aromatic nitrogens is 2. The van der Waals surface area contributed by atoms with E-state index in [1.165, 1.54) is 6.07 Å². The molecule has 1 aliphatic rings. The predicted octanol–water partition coefficient (Wildman–Crippen LogP) is 3.04. The lowest BCUT2D eigenvalue weighted by Crippen LogP contribution is -2.40. The molecule has 11 heteroatoms. The summed E-state index contributed by atoms with van der Waals surface area (Å²) in [6.45, 7) is 0.0709. The average Bonchev–Trinajstić information content (AvgIpc) is 3.05. The Labute approximate surface area is 163 Å². The maximum absolute atomic E-state index is 13.8. The van der Waals surface area contributed by atoms with Crippen molar-refractivity contribution in [1.29, 1.82) is 0 Å². The van der Waals surface area contributed by atoms with Crippen LogP contribution in [0.15, 0.2) is 30.5 Å². The number of nitrogens with one attached hydrogen (secondary N) is 2. The number of alkyl halides is 4. The minimum absolute atomic E-state index is 0. The van der Waals surface area contributed by atoms with E-state index in [1.54, 1.807) is 0 Å². The van der Waals surface area contributed by atoms with Crippen LogP contribution in [0.1, 0.15) is 17.7 Å². The van der Waals surface area contributed by atoms with Gasteiger partial charge in [-0.3, -0.25) is 9.78 Å². The molecule has 2 unspecified atom stereocenters. The van der Waals surface area contributed by atoms with Crippen LogP contribution in [0, 0.1) is 5.95 Å². The van der Waals surface area contributed by atoms with Gasteiger partial charge in [-0.2, -0.15) is 17.6 Å². The molecule has 0 radical (unpaired) electrons. The number of rotatable bonds is 4. The summed E-state index contributed by atoms with van der Waals surface area (Å²) in [5.41, 5.74) is -0.415. The Kier molecular flexibility index (Phi) is 6.89. The first-order chi connectivity index (χ1) is 12.7. The molecule has 2 aromatic heterocycles. The zero-order valence-corrected chi connectivity index (χ0v) is 15.1. The molecule has 5 nitrogen and oxygen atoms in total. The van der Waals surface area contributed by atoms with Crippen molar-refractivity contribution in [3.63, 3.8) is 0 Å². The summed E-state index contributed by atoms with van der Waals surface area (Å²) in [7, 11) is 0. The monoisotopic (exact) mass is 422 g/mol. The molecule has 2 aromatic rings. The van der Waals surface area contributed by atoms with Crippen LogP contribution < -0.4 is 10.6 Å². The first-order valence-electron chi connectivity index (χ1n) is 8.07. The highest BCUT2D eigenvalue weighted by atomic mass is 35.5. The second-order valence-electron chi connectivity index (χ2n) is 6.12. The Bertz CT molecular complexity index is 831. The van der Waals surface area contributed by atoms with Crippen molar-refractivity contribution in [2.75, 3.05) is 6.54 Å². The Morgan fingerprint density at radius 3 is 2.61 bits per heavy atom. The van der Waals surface area contributed by atoms with Gasteiger partial charge < -0.3 is 10.6 Å². The summed E-state index contributed by atoms with van der Waals surface area (Å²) in [6.07, 6.45) is -4.63. The van der Waals surface area contributed by atoms with Crippen LogP contribution in [0.5, 0.6) is 0 Å². The fraction of sp³-hybridized carbons (Fsp3) is 0.353. The van der Waals surface area contributed by atoms with E-state index in [2.05, 4.69) is 20.6 Å². The first-order valence-corrected chi connectivity index (χ1v) is 8.07. The maximum atomic E-state index is 13.8. The van der Waals surface area contributed by atoms with Crippen LogP contribution in [-0.2, 0) is 17.5 Å². The zero-order chi connectivity index (χ0) is 19.6. The smallest absolute Gasteiger partial charge is 0.351 e. The molecule has 2 N–H and O–H groups in total. The van der Waals surface area contributed by atoms with Crippen LogP contribution in [-0.4, -0.2) is 34.6 Å². The Morgan fingerprint density at radius 1 is 1.29 bits per heavy atom. The number of halogens is 6. The van der Waals surface area contributed by atoms with Crippen molar-refractivity contribution in [3.8, 4) is 11.3 Å². The SMILES string of the molecule is Cl.O=C(NCc1cc(F)nc(-c2ccc(C(F)(F)F)nc2)c1)C1CC(F)CN1. The Balaban J connectivity index is 0.00000280. The summed E-state index contributed by atoms with van der Waals surface area (Å²) >= 11 is 0. The molecule has 1 saturated heterocycles. The van der Waals surface area contributed by atoms with Crippen LogP contribution in [0.4, 0.5) is 22.0 Å². The van der Waals surface area contributed by atoms with Gasteiger partial charge in [0, 0.05) is 31.3 Å². The van der Waals surface area contributed by atoms with Gasteiger partial charge in [-0.1, -0.05) is 0 Å². The summed E-state index contributed by atoms with van der Waals surface area (Å²) < 4.78 is 64.6. The number of carbonyl (C=O) groups excluding carboxylic acids is 1. The van der Waals surface area contributed by atoms with Gasteiger partial charge in [0.25, 0.3) is 0 Å². The molecule has 1 aliphatic heterocycles. The minimum atomic E-state index is -4.57. The highest BCUT2D eigenvalue weighted by Gasteiger charge is 2.32. The zero-order valence-electron chi connectivity index (χ0n) is 14.3. The lowest BCUT2D eigenvalue weighted by atomic mass is 10.1. The number of hydrogen-bond donors (Lipinski definition) is 2. The largest absolute Gasteiger partial charge is 0.433 e. The van der Waals surface area contributed by atoms with Gasteiger partial charge in [0.1, 0.15) is 11.9 Å². The summed E-state index contributed by atoms with van der Waals surface area (Å²) in [4.78, 5) is 18.9. The van der Waals surface area contributed by atoms with Gasteiger partial charge in [0.15, 0.2) is 0 Å². The van der Waals surface area contributed by atoms with E-state index in [0.29, 0.717) is 5.56 Å². The van der Waals surface area contributed by atoms with Gasteiger partial charge in [-0.05, 0) is 29.8 Å². The molecular weight excluding hydrogens is 407 g/mol. The van der Waals surface area contributed by atoms with E-state index in [1.807, 2.05) is 0 Å². The molecule has 0 spiro atoms. The second-order valence-corrected chi connectivity index (χ2v) is 6.12. The minimum Gasteiger partial charge on any atom is -0.351 e. The molecular formula is C17H16ClF5N4O. The summed E-state index contributed by atoms with van der Waals surface area (Å²) in [5, 5.41) is 5.30. The number of amides is 1. The van der Waals surface area contributed by atoms with Crippen LogP contribution >= 0.6 is 12.4 Å². The molecule has 0 aromatic carbocycles. The van der Waals surface area contributed by atoms with Crippen molar-refractivity contribution in [2.24, 2.45) is 0 Å². The van der Waals surface area contributed by atoms with Crippen molar-refractivity contribution < 1.29 is 26.7 Å². The molecule has 3 heterocycles. The van der Waals surface area contributed by atoms with Crippen LogP contribution in [0.3, 0.4) is 0 Å².